The van der Waals surface area contributed by atoms with Crippen LogP contribution in [0.1, 0.15) is 18.9 Å². The molecule has 0 saturated carbocycles. The number of nitrogen functional groups attached to an aromatic ring is 1. The van der Waals surface area contributed by atoms with E-state index in [1.807, 2.05) is 0 Å². The lowest BCUT2D eigenvalue weighted by atomic mass is 10.1. The van der Waals surface area contributed by atoms with Gasteiger partial charge in [0.05, 0.1) is 12.3 Å². The van der Waals surface area contributed by atoms with Gasteiger partial charge < -0.3 is 10.5 Å². The van der Waals surface area contributed by atoms with Gasteiger partial charge in [0, 0.05) is 12.0 Å². The molecule has 88 valence electrons. The summed E-state index contributed by atoms with van der Waals surface area (Å²) in [7, 11) is 0. The van der Waals surface area contributed by atoms with Gasteiger partial charge in [0.15, 0.2) is 5.82 Å². The molecule has 0 aliphatic heterocycles. The van der Waals surface area contributed by atoms with Crippen molar-refractivity contribution >= 4 is 11.7 Å². The molecule has 1 rings (SSSR count). The third kappa shape index (κ3) is 2.92. The Morgan fingerprint density at radius 2 is 2.12 bits per heavy atom. The second-order valence-electron chi connectivity index (χ2n) is 3.23. The summed E-state index contributed by atoms with van der Waals surface area (Å²) in [6, 6.07) is 2.23. The molecule has 3 nitrogen and oxygen atoms in total. The van der Waals surface area contributed by atoms with Crippen LogP contribution in [0.3, 0.4) is 0 Å². The maximum absolute atomic E-state index is 13.4. The molecule has 0 spiro atoms. The molecule has 0 bridgehead atoms. The monoisotopic (exact) mass is 229 g/mol. The van der Waals surface area contributed by atoms with Crippen LogP contribution >= 0.6 is 0 Å². The zero-order valence-electron chi connectivity index (χ0n) is 8.93. The molecule has 0 atom stereocenters. The van der Waals surface area contributed by atoms with E-state index in [1.54, 1.807) is 6.92 Å². The first-order chi connectivity index (χ1) is 7.56. The molecule has 0 radical (unpaired) electrons. The van der Waals surface area contributed by atoms with E-state index in [0.717, 1.165) is 12.1 Å². The number of benzene rings is 1. The first kappa shape index (κ1) is 12.4. The molecule has 0 aromatic heterocycles. The van der Waals surface area contributed by atoms with Crippen LogP contribution in [0, 0.1) is 11.6 Å². The molecule has 1 aromatic carbocycles. The number of nitrogens with two attached hydrogens (primary N) is 1. The van der Waals surface area contributed by atoms with Crippen LogP contribution in [0.4, 0.5) is 14.5 Å². The Morgan fingerprint density at radius 1 is 1.44 bits per heavy atom. The van der Waals surface area contributed by atoms with Crippen LogP contribution in [-0.4, -0.2) is 12.6 Å². The normalized spacial score (nSPS) is 10.2. The topological polar surface area (TPSA) is 52.3 Å². The highest BCUT2D eigenvalue weighted by atomic mass is 19.1. The summed E-state index contributed by atoms with van der Waals surface area (Å²) in [6.45, 7) is 1.92. The average molecular weight is 229 g/mol. The highest BCUT2D eigenvalue weighted by Gasteiger charge is 2.13. The van der Waals surface area contributed by atoms with Crippen molar-refractivity contribution in [2.24, 2.45) is 0 Å². The molecule has 1 aromatic rings. The second-order valence-corrected chi connectivity index (χ2v) is 3.23. The highest BCUT2D eigenvalue weighted by molar-refractivity contribution is 5.69. The fourth-order valence-electron chi connectivity index (χ4n) is 1.31. The first-order valence-electron chi connectivity index (χ1n) is 4.94. The van der Waals surface area contributed by atoms with Gasteiger partial charge in [-0.2, -0.15) is 0 Å². The van der Waals surface area contributed by atoms with Gasteiger partial charge in [-0.1, -0.05) is 0 Å². The van der Waals surface area contributed by atoms with Gasteiger partial charge in [-0.25, -0.2) is 8.78 Å². The molecule has 0 aliphatic carbocycles. The molecule has 0 fully saturated rings. The summed E-state index contributed by atoms with van der Waals surface area (Å²) in [5, 5.41) is 0. The van der Waals surface area contributed by atoms with Gasteiger partial charge >= 0.3 is 5.97 Å². The smallest absolute Gasteiger partial charge is 0.306 e. The first-order valence-corrected chi connectivity index (χ1v) is 4.94. The molecule has 0 saturated heterocycles. The molecule has 0 heterocycles. The molecule has 5 heteroatoms. The van der Waals surface area contributed by atoms with Gasteiger partial charge in [0.2, 0.25) is 0 Å². The Labute approximate surface area is 92.2 Å². The minimum Gasteiger partial charge on any atom is -0.466 e. The molecule has 0 aliphatic rings. The van der Waals surface area contributed by atoms with Crippen molar-refractivity contribution in [2.75, 3.05) is 12.3 Å². The van der Waals surface area contributed by atoms with Gasteiger partial charge in [0.1, 0.15) is 5.82 Å². The lowest BCUT2D eigenvalue weighted by Gasteiger charge is -2.06. The van der Waals surface area contributed by atoms with E-state index in [1.165, 1.54) is 0 Å². The van der Waals surface area contributed by atoms with Crippen molar-refractivity contribution in [1.82, 2.24) is 0 Å². The molecular formula is C11H13F2NO2. The Balaban J connectivity index is 2.74. The number of carbonyl (C=O) groups excluding carboxylic acids is 1. The lowest BCUT2D eigenvalue weighted by molar-refractivity contribution is -0.143. The molecule has 0 unspecified atom stereocenters. The van der Waals surface area contributed by atoms with E-state index in [4.69, 9.17) is 5.73 Å². The largest absolute Gasteiger partial charge is 0.466 e. The summed E-state index contributed by atoms with van der Waals surface area (Å²) in [5.41, 5.74) is 5.00. The predicted octanol–water partition coefficient (Wildman–Crippen LogP) is 2.04. The maximum Gasteiger partial charge on any atom is 0.306 e. The fraction of sp³-hybridized carbons (Fsp3) is 0.364. The van der Waals surface area contributed by atoms with Crippen LogP contribution in [0.2, 0.25) is 0 Å². The van der Waals surface area contributed by atoms with Gasteiger partial charge in [-0.15, -0.1) is 0 Å². The maximum atomic E-state index is 13.4. The third-order valence-electron chi connectivity index (χ3n) is 2.10. The average Bonchev–Trinajstić information content (AvgIpc) is 2.24. The van der Waals surface area contributed by atoms with E-state index in [9.17, 15) is 13.6 Å². The van der Waals surface area contributed by atoms with Crippen LogP contribution in [-0.2, 0) is 16.0 Å². The quantitative estimate of drug-likeness (QED) is 0.635. The Bertz CT molecular complexity index is 394. The van der Waals surface area contributed by atoms with Crippen LogP contribution < -0.4 is 5.73 Å². The van der Waals surface area contributed by atoms with Crippen LogP contribution in [0.5, 0.6) is 0 Å². The van der Waals surface area contributed by atoms with Crippen LogP contribution in [0.15, 0.2) is 12.1 Å². The van der Waals surface area contributed by atoms with E-state index in [2.05, 4.69) is 4.74 Å². The predicted molar refractivity (Wildman–Crippen MR) is 55.7 cm³/mol. The van der Waals surface area contributed by atoms with Gasteiger partial charge in [0.25, 0.3) is 0 Å². The number of hydrogen-bond acceptors (Lipinski definition) is 3. The molecular weight excluding hydrogens is 216 g/mol. The zero-order chi connectivity index (χ0) is 12.1. The Hall–Kier alpha value is -1.65. The Morgan fingerprint density at radius 3 is 2.75 bits per heavy atom. The minimum atomic E-state index is -0.802. The minimum absolute atomic E-state index is 0.0540. The second kappa shape index (κ2) is 5.44. The van der Waals surface area contributed by atoms with E-state index in [-0.39, 0.29) is 30.7 Å². The zero-order valence-corrected chi connectivity index (χ0v) is 8.93. The highest BCUT2D eigenvalue weighted by Crippen LogP contribution is 2.20. The molecule has 0 amide bonds. The number of halogens is 2. The van der Waals surface area contributed by atoms with Crippen molar-refractivity contribution in [3.05, 3.63) is 29.3 Å². The van der Waals surface area contributed by atoms with Gasteiger partial charge in [-0.05, 0) is 25.5 Å². The number of esters is 1. The van der Waals surface area contributed by atoms with Crippen molar-refractivity contribution in [2.45, 2.75) is 19.8 Å². The van der Waals surface area contributed by atoms with Crippen LogP contribution in [0.25, 0.3) is 0 Å². The summed E-state index contributed by atoms with van der Waals surface area (Å²) in [4.78, 5) is 11.0. The summed E-state index contributed by atoms with van der Waals surface area (Å²) in [5.74, 6) is -1.98. The molecule has 2 N–H and O–H groups in total. The van der Waals surface area contributed by atoms with E-state index in [0.29, 0.717) is 0 Å². The van der Waals surface area contributed by atoms with E-state index >= 15 is 0 Å². The van der Waals surface area contributed by atoms with Crippen molar-refractivity contribution in [3.63, 3.8) is 0 Å². The number of ether oxygens (including phenoxy) is 1. The number of rotatable bonds is 4. The number of anilines is 1. The van der Waals surface area contributed by atoms with Crippen molar-refractivity contribution in [3.8, 4) is 0 Å². The standard InChI is InChI=1S/C11H13F2NO2/c1-2-16-10(15)6-3-7-8(12)4-5-9(14)11(7)13/h4-5H,2-3,6,14H2,1H3. The van der Waals surface area contributed by atoms with Crippen molar-refractivity contribution < 1.29 is 18.3 Å². The van der Waals surface area contributed by atoms with E-state index < -0.39 is 17.6 Å². The van der Waals surface area contributed by atoms with Crippen molar-refractivity contribution in [1.29, 1.82) is 0 Å². The SMILES string of the molecule is CCOC(=O)CCc1c(F)ccc(N)c1F. The van der Waals surface area contributed by atoms with Gasteiger partial charge in [-0.3, -0.25) is 4.79 Å². The summed E-state index contributed by atoms with van der Waals surface area (Å²) < 4.78 is 31.3. The number of carbonyl (C=O) groups is 1. The third-order valence-corrected chi connectivity index (χ3v) is 2.10. The lowest BCUT2D eigenvalue weighted by Crippen LogP contribution is -2.08. The summed E-state index contributed by atoms with van der Waals surface area (Å²) in [6.07, 6.45) is -0.118. The Kier molecular flexibility index (Phi) is 4.22. The number of hydrogen-bond donors (Lipinski definition) is 1. The summed E-state index contributed by atoms with van der Waals surface area (Å²) >= 11 is 0. The fourth-order valence-corrected chi connectivity index (χ4v) is 1.31. The molecule has 16 heavy (non-hydrogen) atoms.